The average Bonchev–Trinajstić information content (AvgIpc) is 2.42. The van der Waals surface area contributed by atoms with E-state index in [9.17, 15) is 9.18 Å². The van der Waals surface area contributed by atoms with Crippen LogP contribution in [-0.2, 0) is 20.8 Å². The Morgan fingerprint density at radius 1 is 1.37 bits per heavy atom. The minimum Gasteiger partial charge on any atom is -0.479 e. The van der Waals surface area contributed by atoms with Crippen molar-refractivity contribution < 1.29 is 23.4 Å². The van der Waals surface area contributed by atoms with Crippen LogP contribution in [0.2, 0.25) is 0 Å². The van der Waals surface area contributed by atoms with Crippen LogP contribution >= 0.6 is 0 Å². The first-order valence-corrected chi connectivity index (χ1v) is 5.85. The maximum atomic E-state index is 13.7. The molecular weight excluding hydrogens is 253 g/mol. The molecule has 0 heterocycles. The molecule has 0 fully saturated rings. The van der Waals surface area contributed by atoms with E-state index in [1.807, 2.05) is 0 Å². The molecule has 19 heavy (non-hydrogen) atoms. The first-order chi connectivity index (χ1) is 9.17. The molecule has 1 rings (SSSR count). The maximum absolute atomic E-state index is 13.7. The number of benzene rings is 1. The molecule has 0 amide bonds. The van der Waals surface area contributed by atoms with Gasteiger partial charge in [-0.1, -0.05) is 6.07 Å². The normalized spacial score (nSPS) is 10.3. The third kappa shape index (κ3) is 5.67. The number of hydrogen-bond acceptors (Lipinski definition) is 5. The van der Waals surface area contributed by atoms with E-state index < -0.39 is 11.8 Å². The Balaban J connectivity index is 2.47. The van der Waals surface area contributed by atoms with Gasteiger partial charge in [-0.2, -0.15) is 0 Å². The fourth-order valence-electron chi connectivity index (χ4n) is 1.37. The highest BCUT2D eigenvalue weighted by atomic mass is 19.1. The lowest BCUT2D eigenvalue weighted by Gasteiger charge is -2.08. The van der Waals surface area contributed by atoms with Crippen LogP contribution < -0.4 is 10.1 Å². The number of methoxy groups -OCH3 is 2. The molecule has 5 nitrogen and oxygen atoms in total. The van der Waals surface area contributed by atoms with Gasteiger partial charge >= 0.3 is 5.97 Å². The molecule has 1 N–H and O–H groups in total. The van der Waals surface area contributed by atoms with E-state index in [0.29, 0.717) is 19.7 Å². The fourth-order valence-corrected chi connectivity index (χ4v) is 1.37. The van der Waals surface area contributed by atoms with E-state index in [-0.39, 0.29) is 12.4 Å². The molecule has 0 radical (unpaired) electrons. The molecule has 0 aromatic heterocycles. The summed E-state index contributed by atoms with van der Waals surface area (Å²) < 4.78 is 27.9. The first kappa shape index (κ1) is 15.4. The SMILES string of the molecule is COCCNCc1ccc(OCC(=O)OC)c(F)c1. The van der Waals surface area contributed by atoms with Crippen molar-refractivity contribution in [2.45, 2.75) is 6.54 Å². The molecule has 1 aromatic rings. The Kier molecular flexibility index (Phi) is 6.84. The summed E-state index contributed by atoms with van der Waals surface area (Å²) >= 11 is 0. The molecule has 0 bridgehead atoms. The van der Waals surface area contributed by atoms with Gasteiger partial charge in [0.2, 0.25) is 0 Å². The number of esters is 1. The molecular formula is C13H18FNO4. The second-order valence-corrected chi connectivity index (χ2v) is 3.80. The van der Waals surface area contributed by atoms with Gasteiger partial charge in [0, 0.05) is 20.2 Å². The lowest BCUT2D eigenvalue weighted by atomic mass is 10.2. The van der Waals surface area contributed by atoms with Gasteiger partial charge in [0.25, 0.3) is 0 Å². The molecule has 1 aromatic carbocycles. The van der Waals surface area contributed by atoms with Gasteiger partial charge in [0.05, 0.1) is 13.7 Å². The minimum atomic E-state index is -0.551. The Morgan fingerprint density at radius 2 is 2.16 bits per heavy atom. The Labute approximate surface area is 111 Å². The smallest absolute Gasteiger partial charge is 0.343 e. The molecule has 0 aliphatic carbocycles. The van der Waals surface area contributed by atoms with E-state index in [1.54, 1.807) is 13.2 Å². The highest BCUT2D eigenvalue weighted by Gasteiger charge is 2.07. The van der Waals surface area contributed by atoms with Gasteiger partial charge in [-0.25, -0.2) is 9.18 Å². The predicted molar refractivity (Wildman–Crippen MR) is 67.5 cm³/mol. The summed E-state index contributed by atoms with van der Waals surface area (Å²) in [6.45, 7) is 1.53. The van der Waals surface area contributed by atoms with Crippen molar-refractivity contribution in [2.24, 2.45) is 0 Å². The van der Waals surface area contributed by atoms with Crippen molar-refractivity contribution in [3.05, 3.63) is 29.6 Å². The van der Waals surface area contributed by atoms with Gasteiger partial charge in [-0.3, -0.25) is 0 Å². The molecule has 0 saturated carbocycles. The lowest BCUT2D eigenvalue weighted by Crippen LogP contribution is -2.18. The van der Waals surface area contributed by atoms with Gasteiger partial charge in [0.15, 0.2) is 18.2 Å². The number of hydrogen-bond donors (Lipinski definition) is 1. The molecule has 0 atom stereocenters. The lowest BCUT2D eigenvalue weighted by molar-refractivity contribution is -0.142. The molecule has 0 saturated heterocycles. The molecule has 0 aliphatic rings. The van der Waals surface area contributed by atoms with E-state index >= 15 is 0 Å². The highest BCUT2D eigenvalue weighted by molar-refractivity contribution is 5.70. The number of ether oxygens (including phenoxy) is 3. The first-order valence-electron chi connectivity index (χ1n) is 5.85. The van der Waals surface area contributed by atoms with E-state index in [2.05, 4.69) is 10.1 Å². The van der Waals surface area contributed by atoms with Crippen LogP contribution in [0.25, 0.3) is 0 Å². The zero-order valence-corrected chi connectivity index (χ0v) is 11.1. The van der Waals surface area contributed by atoms with Crippen molar-refractivity contribution >= 4 is 5.97 Å². The summed E-state index contributed by atoms with van der Waals surface area (Å²) in [7, 11) is 2.87. The summed E-state index contributed by atoms with van der Waals surface area (Å²) in [6, 6.07) is 4.59. The quantitative estimate of drug-likeness (QED) is 0.567. The predicted octanol–water partition coefficient (Wildman–Crippen LogP) is 1.11. The fraction of sp³-hybridized carbons (Fsp3) is 0.462. The number of halogens is 1. The summed E-state index contributed by atoms with van der Waals surface area (Å²) in [4.78, 5) is 10.9. The van der Waals surface area contributed by atoms with Crippen molar-refractivity contribution in [1.82, 2.24) is 5.32 Å². The maximum Gasteiger partial charge on any atom is 0.343 e. The summed E-state index contributed by atoms with van der Waals surface area (Å²) in [5.74, 6) is -1.02. The van der Waals surface area contributed by atoms with Crippen molar-refractivity contribution in [3.63, 3.8) is 0 Å². The van der Waals surface area contributed by atoms with Gasteiger partial charge < -0.3 is 19.5 Å². The van der Waals surface area contributed by atoms with Crippen LogP contribution in [0.15, 0.2) is 18.2 Å². The van der Waals surface area contributed by atoms with Crippen LogP contribution in [-0.4, -0.2) is 39.9 Å². The number of carbonyl (C=O) groups is 1. The molecule has 106 valence electrons. The number of carbonyl (C=O) groups excluding carboxylic acids is 1. The largest absolute Gasteiger partial charge is 0.479 e. The van der Waals surface area contributed by atoms with Crippen molar-refractivity contribution in [2.75, 3.05) is 34.0 Å². The highest BCUT2D eigenvalue weighted by Crippen LogP contribution is 2.18. The van der Waals surface area contributed by atoms with Gasteiger partial charge in [-0.05, 0) is 17.7 Å². The molecule has 0 aliphatic heterocycles. The zero-order valence-electron chi connectivity index (χ0n) is 11.1. The standard InChI is InChI=1S/C13H18FNO4/c1-17-6-5-15-8-10-3-4-12(11(14)7-10)19-9-13(16)18-2/h3-4,7,15H,5-6,8-9H2,1-2H3. The Hall–Kier alpha value is -1.66. The van der Waals surface area contributed by atoms with Crippen LogP contribution in [0.5, 0.6) is 5.75 Å². The van der Waals surface area contributed by atoms with Gasteiger partial charge in [-0.15, -0.1) is 0 Å². The van der Waals surface area contributed by atoms with Gasteiger partial charge in [0.1, 0.15) is 0 Å². The Bertz CT molecular complexity index is 412. The number of rotatable bonds is 8. The van der Waals surface area contributed by atoms with E-state index in [1.165, 1.54) is 19.2 Å². The topological polar surface area (TPSA) is 56.8 Å². The van der Waals surface area contributed by atoms with E-state index in [0.717, 1.165) is 5.56 Å². The number of nitrogens with one attached hydrogen (secondary N) is 1. The average molecular weight is 271 g/mol. The summed E-state index contributed by atoms with van der Waals surface area (Å²) in [5.41, 5.74) is 0.791. The zero-order chi connectivity index (χ0) is 14.1. The molecule has 0 unspecified atom stereocenters. The monoisotopic (exact) mass is 271 g/mol. The third-order valence-electron chi connectivity index (χ3n) is 2.38. The summed E-state index contributed by atoms with van der Waals surface area (Å²) in [6.07, 6.45) is 0. The van der Waals surface area contributed by atoms with Crippen LogP contribution in [0.3, 0.4) is 0 Å². The van der Waals surface area contributed by atoms with Crippen LogP contribution in [0.1, 0.15) is 5.56 Å². The summed E-state index contributed by atoms with van der Waals surface area (Å²) in [5, 5.41) is 3.10. The second kappa shape index (κ2) is 8.44. The molecule has 6 heteroatoms. The molecule has 0 spiro atoms. The minimum absolute atomic E-state index is 0.0334. The van der Waals surface area contributed by atoms with Crippen LogP contribution in [0.4, 0.5) is 4.39 Å². The van der Waals surface area contributed by atoms with Crippen molar-refractivity contribution in [1.29, 1.82) is 0 Å². The van der Waals surface area contributed by atoms with Crippen LogP contribution in [0, 0.1) is 5.82 Å². The Morgan fingerprint density at radius 3 is 2.79 bits per heavy atom. The van der Waals surface area contributed by atoms with Crippen molar-refractivity contribution in [3.8, 4) is 5.75 Å². The third-order valence-corrected chi connectivity index (χ3v) is 2.38. The van der Waals surface area contributed by atoms with E-state index in [4.69, 9.17) is 9.47 Å². The second-order valence-electron chi connectivity index (χ2n) is 3.80.